The van der Waals surface area contributed by atoms with Crippen molar-refractivity contribution in [3.8, 4) is 0 Å². The highest BCUT2D eigenvalue weighted by Gasteiger charge is 2.40. The number of hydrogen-bond acceptors (Lipinski definition) is 4. The summed E-state index contributed by atoms with van der Waals surface area (Å²) in [7, 11) is 0. The number of aliphatic hydroxyl groups excluding tert-OH is 2. The first-order valence-electron chi connectivity index (χ1n) is 8.84. The molecule has 0 bridgehead atoms. The Morgan fingerprint density at radius 3 is 2.81 bits per heavy atom. The maximum atomic E-state index is 14.3. The summed E-state index contributed by atoms with van der Waals surface area (Å²) in [6.07, 6.45) is 1.07. The summed E-state index contributed by atoms with van der Waals surface area (Å²) >= 11 is 1.70. The van der Waals surface area contributed by atoms with Crippen LogP contribution in [0.15, 0.2) is 48.5 Å². The molecule has 1 saturated heterocycles. The van der Waals surface area contributed by atoms with E-state index in [4.69, 9.17) is 9.84 Å². The Balaban J connectivity index is 1.47. The summed E-state index contributed by atoms with van der Waals surface area (Å²) in [4.78, 5) is 1.14. The average molecular weight is 372 g/mol. The lowest BCUT2D eigenvalue weighted by atomic mass is 10.0. The van der Waals surface area contributed by atoms with Crippen molar-refractivity contribution >= 4 is 21.4 Å². The summed E-state index contributed by atoms with van der Waals surface area (Å²) in [6, 6.07) is 15.5. The summed E-state index contributed by atoms with van der Waals surface area (Å²) in [5.41, 5.74) is 1.66. The molecule has 3 atom stereocenters. The molecule has 0 aliphatic carbocycles. The Bertz CT molecular complexity index is 874. The Morgan fingerprint density at radius 2 is 2.00 bits per heavy atom. The van der Waals surface area contributed by atoms with Gasteiger partial charge in [0.25, 0.3) is 0 Å². The molecule has 2 N–H and O–H groups in total. The van der Waals surface area contributed by atoms with E-state index in [1.807, 2.05) is 18.2 Å². The van der Waals surface area contributed by atoms with E-state index in [1.165, 1.54) is 16.2 Å². The van der Waals surface area contributed by atoms with Crippen molar-refractivity contribution < 1.29 is 19.3 Å². The highest BCUT2D eigenvalue weighted by molar-refractivity contribution is 7.19. The molecule has 0 saturated carbocycles. The zero-order chi connectivity index (χ0) is 18.1. The molecule has 3 unspecified atom stereocenters. The van der Waals surface area contributed by atoms with Crippen molar-refractivity contribution in [2.45, 2.75) is 37.6 Å². The van der Waals surface area contributed by atoms with Crippen molar-refractivity contribution in [1.29, 1.82) is 0 Å². The first kappa shape index (κ1) is 17.6. The molecule has 0 spiro atoms. The lowest BCUT2D eigenvalue weighted by molar-refractivity contribution is 0.0846. The smallest absolute Gasteiger partial charge is 0.126 e. The summed E-state index contributed by atoms with van der Waals surface area (Å²) in [5.74, 6) is -0.195. The van der Waals surface area contributed by atoms with Crippen molar-refractivity contribution in [1.82, 2.24) is 0 Å². The molecule has 4 rings (SSSR count). The van der Waals surface area contributed by atoms with E-state index >= 15 is 0 Å². The minimum Gasteiger partial charge on any atom is -0.394 e. The molecule has 0 radical (unpaired) electrons. The number of benzene rings is 2. The van der Waals surface area contributed by atoms with Crippen LogP contribution in [-0.4, -0.2) is 29.0 Å². The number of halogens is 1. The van der Waals surface area contributed by atoms with Gasteiger partial charge in [-0.1, -0.05) is 24.3 Å². The minimum absolute atomic E-state index is 0.0392. The fourth-order valence-electron chi connectivity index (χ4n) is 3.32. The third kappa shape index (κ3) is 3.81. The van der Waals surface area contributed by atoms with Crippen LogP contribution < -0.4 is 0 Å². The molecule has 3 aromatic rings. The van der Waals surface area contributed by atoms with Gasteiger partial charge < -0.3 is 14.9 Å². The van der Waals surface area contributed by atoms with Crippen LogP contribution in [-0.2, 0) is 11.2 Å². The van der Waals surface area contributed by atoms with Crippen molar-refractivity contribution in [2.24, 2.45) is 0 Å². The van der Waals surface area contributed by atoms with Gasteiger partial charge in [-0.2, -0.15) is 0 Å². The normalized spacial score (nSPS) is 20.4. The van der Waals surface area contributed by atoms with Gasteiger partial charge in [0.05, 0.1) is 18.8 Å². The molecule has 1 aromatic heterocycles. The van der Waals surface area contributed by atoms with Crippen molar-refractivity contribution in [3.05, 3.63) is 70.4 Å². The fraction of sp³-hybridized carbons (Fsp3) is 0.333. The van der Waals surface area contributed by atoms with Gasteiger partial charge in [-0.05, 0) is 53.6 Å². The predicted octanol–water partition coefficient (Wildman–Crippen LogP) is 4.20. The van der Waals surface area contributed by atoms with E-state index in [0.717, 1.165) is 10.4 Å². The number of rotatable bonds is 7. The Kier molecular flexibility index (Phi) is 5.05. The molecule has 2 heterocycles. The quantitative estimate of drug-likeness (QED) is 0.611. The Hall–Kier alpha value is -1.79. The van der Waals surface area contributed by atoms with Crippen LogP contribution in [0, 0.1) is 5.82 Å². The van der Waals surface area contributed by atoms with E-state index < -0.39 is 6.10 Å². The molecule has 26 heavy (non-hydrogen) atoms. The van der Waals surface area contributed by atoms with Crippen LogP contribution in [0.1, 0.15) is 34.9 Å². The lowest BCUT2D eigenvalue weighted by Crippen LogP contribution is -2.12. The van der Waals surface area contributed by atoms with Gasteiger partial charge in [-0.3, -0.25) is 0 Å². The molecule has 0 amide bonds. The van der Waals surface area contributed by atoms with E-state index in [-0.39, 0.29) is 24.6 Å². The molecular weight excluding hydrogens is 351 g/mol. The zero-order valence-corrected chi connectivity index (χ0v) is 15.1. The maximum Gasteiger partial charge on any atom is 0.126 e. The number of ether oxygens (including phenoxy) is 1. The van der Waals surface area contributed by atoms with Gasteiger partial charge in [0.1, 0.15) is 11.9 Å². The van der Waals surface area contributed by atoms with Crippen LogP contribution in [0.5, 0.6) is 0 Å². The van der Waals surface area contributed by atoms with E-state index in [0.29, 0.717) is 24.8 Å². The molecule has 1 fully saturated rings. The van der Waals surface area contributed by atoms with E-state index in [1.54, 1.807) is 17.4 Å². The first-order chi connectivity index (χ1) is 12.6. The number of fused-ring (bicyclic) bond motifs is 1. The largest absolute Gasteiger partial charge is 0.394 e. The summed E-state index contributed by atoms with van der Waals surface area (Å²) < 4.78 is 21.2. The topological polar surface area (TPSA) is 53.0 Å². The monoisotopic (exact) mass is 372 g/mol. The number of thiophene rings is 1. The fourth-order valence-corrected chi connectivity index (χ4v) is 4.41. The molecule has 136 valence electrons. The molecule has 1 aliphatic heterocycles. The van der Waals surface area contributed by atoms with Gasteiger partial charge in [0.2, 0.25) is 0 Å². The second kappa shape index (κ2) is 7.45. The SMILES string of the molecule is OCC(O)CCC1OC1c1ccc(F)c(Cc2cc3ccccc3s2)c1. The highest BCUT2D eigenvalue weighted by atomic mass is 32.1. The van der Waals surface area contributed by atoms with Crippen LogP contribution in [0.25, 0.3) is 10.1 Å². The molecule has 2 aromatic carbocycles. The molecule has 3 nitrogen and oxygen atoms in total. The number of epoxide rings is 1. The van der Waals surface area contributed by atoms with Crippen molar-refractivity contribution in [3.63, 3.8) is 0 Å². The number of hydrogen-bond donors (Lipinski definition) is 2. The third-order valence-corrected chi connectivity index (χ3v) is 5.93. The Morgan fingerprint density at radius 1 is 1.15 bits per heavy atom. The molecule has 1 aliphatic rings. The van der Waals surface area contributed by atoms with Gasteiger partial charge in [0, 0.05) is 16.0 Å². The van der Waals surface area contributed by atoms with Crippen molar-refractivity contribution in [2.75, 3.05) is 6.61 Å². The van der Waals surface area contributed by atoms with E-state index in [2.05, 4.69) is 18.2 Å². The maximum absolute atomic E-state index is 14.3. The minimum atomic E-state index is -0.698. The second-order valence-electron chi connectivity index (χ2n) is 6.79. The van der Waals surface area contributed by atoms with Crippen LogP contribution in [0.4, 0.5) is 4.39 Å². The van der Waals surface area contributed by atoms with Gasteiger partial charge >= 0.3 is 0 Å². The standard InChI is InChI=1S/C21H21FO3S/c22-18-7-5-14(21-19(25-21)8-6-16(24)12-23)9-15(18)11-17-10-13-3-1-2-4-20(13)26-17/h1-5,7,9-10,16,19,21,23-24H,6,8,11-12H2. The van der Waals surface area contributed by atoms with Gasteiger partial charge in [-0.25, -0.2) is 4.39 Å². The Labute approximate surface area is 155 Å². The zero-order valence-electron chi connectivity index (χ0n) is 14.3. The highest BCUT2D eigenvalue weighted by Crippen LogP contribution is 2.42. The van der Waals surface area contributed by atoms with Crippen LogP contribution >= 0.6 is 11.3 Å². The third-order valence-electron chi connectivity index (χ3n) is 4.82. The molecular formula is C21H21FO3S. The van der Waals surface area contributed by atoms with Gasteiger partial charge in [-0.15, -0.1) is 11.3 Å². The first-order valence-corrected chi connectivity index (χ1v) is 9.66. The van der Waals surface area contributed by atoms with Crippen LogP contribution in [0.2, 0.25) is 0 Å². The second-order valence-corrected chi connectivity index (χ2v) is 7.96. The van der Waals surface area contributed by atoms with Gasteiger partial charge in [0.15, 0.2) is 0 Å². The van der Waals surface area contributed by atoms with Crippen LogP contribution in [0.3, 0.4) is 0 Å². The summed E-state index contributed by atoms with van der Waals surface area (Å²) in [5, 5.41) is 19.5. The average Bonchev–Trinajstić information content (AvgIpc) is 3.31. The molecule has 5 heteroatoms. The van der Waals surface area contributed by atoms with E-state index in [9.17, 15) is 9.50 Å². The lowest BCUT2D eigenvalue weighted by Gasteiger charge is -2.06. The predicted molar refractivity (Wildman–Crippen MR) is 101 cm³/mol. The number of aliphatic hydroxyl groups is 2. The summed E-state index contributed by atoms with van der Waals surface area (Å²) in [6.45, 7) is -0.229.